The van der Waals surface area contributed by atoms with E-state index in [9.17, 15) is 18.0 Å². The summed E-state index contributed by atoms with van der Waals surface area (Å²) in [6.07, 6.45) is -4.51. The van der Waals surface area contributed by atoms with Crippen LogP contribution in [0, 0.1) is 6.92 Å². The predicted octanol–water partition coefficient (Wildman–Crippen LogP) is 6.51. The molecule has 0 atom stereocenters. The van der Waals surface area contributed by atoms with Gasteiger partial charge in [-0.3, -0.25) is 4.79 Å². The summed E-state index contributed by atoms with van der Waals surface area (Å²) in [6, 6.07) is 14.9. The molecule has 0 aliphatic carbocycles. The quantitative estimate of drug-likeness (QED) is 0.467. The Morgan fingerprint density at radius 2 is 1.77 bits per heavy atom. The molecule has 3 rings (SSSR count). The molecule has 0 heterocycles. The number of carbonyl (C=O) groups is 1. The molecular formula is C23H19ClF3NO3. The van der Waals surface area contributed by atoms with E-state index in [-0.39, 0.29) is 34.4 Å². The Morgan fingerprint density at radius 1 is 1.06 bits per heavy atom. The maximum Gasteiger partial charge on any atom is 0.416 e. The molecule has 0 saturated heterocycles. The zero-order chi connectivity index (χ0) is 22.6. The van der Waals surface area contributed by atoms with Gasteiger partial charge in [-0.15, -0.1) is 0 Å². The molecule has 0 aromatic heterocycles. The Balaban J connectivity index is 1.78. The molecule has 3 aromatic rings. The molecule has 0 unspecified atom stereocenters. The van der Waals surface area contributed by atoms with Gasteiger partial charge in [0.2, 0.25) is 0 Å². The number of ether oxygens (including phenoxy) is 2. The number of aryl methyl sites for hydroxylation is 1. The molecule has 0 fully saturated rings. The van der Waals surface area contributed by atoms with E-state index in [0.717, 1.165) is 23.3 Å². The van der Waals surface area contributed by atoms with Crippen LogP contribution in [0.1, 0.15) is 27.0 Å². The van der Waals surface area contributed by atoms with Crippen LogP contribution < -0.4 is 14.8 Å². The first-order chi connectivity index (χ1) is 14.7. The van der Waals surface area contributed by atoms with Crippen molar-refractivity contribution in [1.82, 2.24) is 0 Å². The van der Waals surface area contributed by atoms with Crippen LogP contribution in [-0.4, -0.2) is 13.0 Å². The number of carbonyl (C=O) groups excluding carboxylic acids is 1. The van der Waals surface area contributed by atoms with E-state index < -0.39 is 17.6 Å². The summed E-state index contributed by atoms with van der Waals surface area (Å²) in [5.74, 6) is -0.140. The van der Waals surface area contributed by atoms with Gasteiger partial charge in [-0.1, -0.05) is 47.5 Å². The van der Waals surface area contributed by atoms with Crippen LogP contribution in [-0.2, 0) is 12.8 Å². The molecule has 162 valence electrons. The SMILES string of the molecule is COc1cc(C(=O)Nc2cccc(C(F)(F)F)c2)cc(Cl)c1OCc1ccc(C)cc1. The highest BCUT2D eigenvalue weighted by Gasteiger charge is 2.30. The molecule has 8 heteroatoms. The molecule has 3 aromatic carbocycles. The van der Waals surface area contributed by atoms with Gasteiger partial charge < -0.3 is 14.8 Å². The second-order valence-electron chi connectivity index (χ2n) is 6.80. The van der Waals surface area contributed by atoms with Crippen LogP contribution in [0.4, 0.5) is 18.9 Å². The lowest BCUT2D eigenvalue weighted by atomic mass is 10.1. The average Bonchev–Trinajstić information content (AvgIpc) is 2.73. The lowest BCUT2D eigenvalue weighted by Gasteiger charge is -2.15. The third-order valence-corrected chi connectivity index (χ3v) is 4.72. The highest BCUT2D eigenvalue weighted by atomic mass is 35.5. The van der Waals surface area contributed by atoms with E-state index in [0.29, 0.717) is 0 Å². The molecule has 0 radical (unpaired) electrons. The Bertz CT molecular complexity index is 1080. The van der Waals surface area contributed by atoms with Crippen LogP contribution in [0.25, 0.3) is 0 Å². The Hall–Kier alpha value is -3.19. The first-order valence-electron chi connectivity index (χ1n) is 9.22. The second-order valence-corrected chi connectivity index (χ2v) is 7.20. The van der Waals surface area contributed by atoms with Crippen molar-refractivity contribution in [3.63, 3.8) is 0 Å². The van der Waals surface area contributed by atoms with E-state index >= 15 is 0 Å². The van der Waals surface area contributed by atoms with Gasteiger partial charge in [-0.05, 0) is 42.8 Å². The Morgan fingerprint density at radius 3 is 2.42 bits per heavy atom. The molecular weight excluding hydrogens is 431 g/mol. The summed E-state index contributed by atoms with van der Waals surface area (Å²) in [4.78, 5) is 12.6. The fourth-order valence-electron chi connectivity index (χ4n) is 2.81. The van der Waals surface area contributed by atoms with E-state index in [2.05, 4.69) is 5.32 Å². The summed E-state index contributed by atoms with van der Waals surface area (Å²) < 4.78 is 49.7. The zero-order valence-corrected chi connectivity index (χ0v) is 17.5. The van der Waals surface area contributed by atoms with Gasteiger partial charge in [-0.2, -0.15) is 13.2 Å². The van der Waals surface area contributed by atoms with Crippen molar-refractivity contribution in [2.75, 3.05) is 12.4 Å². The van der Waals surface area contributed by atoms with Crippen molar-refractivity contribution in [2.45, 2.75) is 19.7 Å². The van der Waals surface area contributed by atoms with E-state index in [1.807, 2.05) is 31.2 Å². The van der Waals surface area contributed by atoms with Crippen molar-refractivity contribution < 1.29 is 27.4 Å². The van der Waals surface area contributed by atoms with Crippen LogP contribution in [0.2, 0.25) is 5.02 Å². The Labute approximate surface area is 182 Å². The molecule has 0 spiro atoms. The van der Waals surface area contributed by atoms with Gasteiger partial charge in [0.05, 0.1) is 17.7 Å². The van der Waals surface area contributed by atoms with Gasteiger partial charge in [0.25, 0.3) is 5.91 Å². The number of rotatable bonds is 6. The van der Waals surface area contributed by atoms with Crippen molar-refractivity contribution in [3.05, 3.63) is 87.9 Å². The van der Waals surface area contributed by atoms with Gasteiger partial charge in [0.1, 0.15) is 6.61 Å². The molecule has 1 N–H and O–H groups in total. The summed E-state index contributed by atoms with van der Waals surface area (Å²) in [5.41, 5.74) is 1.31. The number of halogens is 4. The maximum absolute atomic E-state index is 12.9. The van der Waals surface area contributed by atoms with Gasteiger partial charge in [-0.25, -0.2) is 0 Å². The predicted molar refractivity (Wildman–Crippen MR) is 113 cm³/mol. The largest absolute Gasteiger partial charge is 0.493 e. The number of benzene rings is 3. The van der Waals surface area contributed by atoms with Crippen molar-refractivity contribution in [3.8, 4) is 11.5 Å². The van der Waals surface area contributed by atoms with E-state index in [1.54, 1.807) is 0 Å². The summed E-state index contributed by atoms with van der Waals surface area (Å²) in [6.45, 7) is 2.22. The third-order valence-electron chi connectivity index (χ3n) is 4.44. The summed E-state index contributed by atoms with van der Waals surface area (Å²) in [7, 11) is 1.40. The molecule has 0 aliphatic heterocycles. The summed E-state index contributed by atoms with van der Waals surface area (Å²) >= 11 is 6.30. The summed E-state index contributed by atoms with van der Waals surface area (Å²) in [5, 5.41) is 2.58. The van der Waals surface area contributed by atoms with E-state index in [4.69, 9.17) is 21.1 Å². The van der Waals surface area contributed by atoms with Gasteiger partial charge in [0, 0.05) is 11.3 Å². The fraction of sp³-hybridized carbons (Fsp3) is 0.174. The molecule has 4 nitrogen and oxygen atoms in total. The van der Waals surface area contributed by atoms with Crippen LogP contribution >= 0.6 is 11.6 Å². The van der Waals surface area contributed by atoms with Gasteiger partial charge >= 0.3 is 6.18 Å². The molecule has 1 amide bonds. The number of alkyl halides is 3. The van der Waals surface area contributed by atoms with E-state index in [1.165, 1.54) is 31.4 Å². The van der Waals surface area contributed by atoms with Crippen molar-refractivity contribution >= 4 is 23.2 Å². The van der Waals surface area contributed by atoms with Gasteiger partial charge in [0.15, 0.2) is 11.5 Å². The first-order valence-corrected chi connectivity index (χ1v) is 9.59. The number of amides is 1. The first kappa shape index (κ1) is 22.5. The fourth-order valence-corrected chi connectivity index (χ4v) is 3.07. The Kier molecular flexibility index (Phi) is 6.75. The lowest BCUT2D eigenvalue weighted by Crippen LogP contribution is -2.13. The van der Waals surface area contributed by atoms with Crippen LogP contribution in [0.3, 0.4) is 0 Å². The lowest BCUT2D eigenvalue weighted by molar-refractivity contribution is -0.137. The molecule has 0 bridgehead atoms. The number of nitrogens with one attached hydrogen (secondary N) is 1. The monoisotopic (exact) mass is 449 g/mol. The van der Waals surface area contributed by atoms with Crippen LogP contribution in [0.15, 0.2) is 60.7 Å². The second kappa shape index (κ2) is 9.31. The molecule has 0 saturated carbocycles. The normalized spacial score (nSPS) is 11.2. The number of hydrogen-bond donors (Lipinski definition) is 1. The minimum atomic E-state index is -4.51. The average molecular weight is 450 g/mol. The maximum atomic E-state index is 12.9. The minimum absolute atomic E-state index is 0.00890. The number of methoxy groups -OCH3 is 1. The highest BCUT2D eigenvalue weighted by molar-refractivity contribution is 6.32. The molecule has 0 aliphatic rings. The van der Waals surface area contributed by atoms with Crippen molar-refractivity contribution in [2.24, 2.45) is 0 Å². The van der Waals surface area contributed by atoms with Crippen molar-refractivity contribution in [1.29, 1.82) is 0 Å². The smallest absolute Gasteiger partial charge is 0.416 e. The topological polar surface area (TPSA) is 47.6 Å². The van der Waals surface area contributed by atoms with Crippen LogP contribution in [0.5, 0.6) is 11.5 Å². The standard InChI is InChI=1S/C23H19ClF3NO3/c1-14-6-8-15(9-7-14)13-31-21-19(24)10-16(11-20(21)30-2)22(29)28-18-5-3-4-17(12-18)23(25,26)27/h3-12H,13H2,1-2H3,(H,28,29). The molecule has 31 heavy (non-hydrogen) atoms. The number of anilines is 1. The third kappa shape index (κ3) is 5.70. The minimum Gasteiger partial charge on any atom is -0.493 e. The number of hydrogen-bond acceptors (Lipinski definition) is 3. The zero-order valence-electron chi connectivity index (χ0n) is 16.7. The highest BCUT2D eigenvalue weighted by Crippen LogP contribution is 2.37.